The highest BCUT2D eigenvalue weighted by molar-refractivity contribution is 5.73. The predicted octanol–water partition coefficient (Wildman–Crippen LogP) is 2.42. The van der Waals surface area contributed by atoms with Gasteiger partial charge >= 0.3 is 5.97 Å². The van der Waals surface area contributed by atoms with E-state index in [4.69, 9.17) is 4.74 Å². The summed E-state index contributed by atoms with van der Waals surface area (Å²) in [6.07, 6.45) is 0.887. The van der Waals surface area contributed by atoms with Crippen LogP contribution in [0.3, 0.4) is 0 Å². The third-order valence-corrected chi connectivity index (χ3v) is 3.68. The first kappa shape index (κ1) is 17.4. The molecule has 0 radical (unpaired) electrons. The summed E-state index contributed by atoms with van der Waals surface area (Å²) in [5.41, 5.74) is -0.403. The van der Waals surface area contributed by atoms with E-state index in [-0.39, 0.29) is 11.9 Å². The summed E-state index contributed by atoms with van der Waals surface area (Å²) >= 11 is 0. The van der Waals surface area contributed by atoms with Crippen molar-refractivity contribution in [3.05, 3.63) is 0 Å². The fraction of sp³-hybridized carbons (Fsp3) is 0.938. The van der Waals surface area contributed by atoms with Gasteiger partial charge < -0.3 is 10.1 Å². The lowest BCUT2D eigenvalue weighted by atomic mass is 9.93. The molecule has 118 valence electrons. The number of rotatable bonds is 4. The first-order valence-corrected chi connectivity index (χ1v) is 7.83. The molecule has 1 heterocycles. The van der Waals surface area contributed by atoms with Crippen LogP contribution in [0.2, 0.25) is 0 Å². The van der Waals surface area contributed by atoms with E-state index in [2.05, 4.69) is 37.9 Å². The number of nitrogens with zero attached hydrogens (tertiary/aromatic N) is 1. The highest BCUT2D eigenvalue weighted by atomic mass is 16.6. The van der Waals surface area contributed by atoms with E-state index in [1.165, 1.54) is 0 Å². The molecule has 1 aliphatic rings. The predicted molar refractivity (Wildman–Crippen MR) is 82.7 cm³/mol. The van der Waals surface area contributed by atoms with Crippen molar-refractivity contribution in [2.45, 2.75) is 78.6 Å². The molecule has 1 fully saturated rings. The summed E-state index contributed by atoms with van der Waals surface area (Å²) in [6.45, 7) is 16.3. The van der Waals surface area contributed by atoms with Gasteiger partial charge in [-0.15, -0.1) is 0 Å². The Balaban J connectivity index is 2.68. The quantitative estimate of drug-likeness (QED) is 0.805. The van der Waals surface area contributed by atoms with Gasteiger partial charge in [-0.25, -0.2) is 0 Å². The lowest BCUT2D eigenvalue weighted by Crippen LogP contribution is -2.55. The first-order valence-electron chi connectivity index (χ1n) is 7.83. The second-order valence-electron chi connectivity index (χ2n) is 7.41. The number of carbonyl (C=O) groups is 1. The monoisotopic (exact) mass is 284 g/mol. The summed E-state index contributed by atoms with van der Waals surface area (Å²) in [5.74, 6) is -0.102. The number of ether oxygens (including phenoxy) is 1. The Kier molecular flexibility index (Phi) is 6.02. The number of hydrogen-bond acceptors (Lipinski definition) is 4. The van der Waals surface area contributed by atoms with Crippen LogP contribution in [0.4, 0.5) is 0 Å². The Morgan fingerprint density at radius 1 is 1.15 bits per heavy atom. The van der Waals surface area contributed by atoms with Crippen LogP contribution in [-0.4, -0.2) is 47.7 Å². The standard InChI is InChI=1S/C16H32N2O2/c1-11(2)18(12(3)4)14-8-13(9-17-10-14)15(19)20-16(5,6)7/h11-14,17H,8-10H2,1-7H3. The summed E-state index contributed by atoms with van der Waals surface area (Å²) in [7, 11) is 0. The molecular weight excluding hydrogens is 252 g/mol. The molecule has 0 aromatic carbocycles. The van der Waals surface area contributed by atoms with E-state index >= 15 is 0 Å². The van der Waals surface area contributed by atoms with Gasteiger partial charge in [0, 0.05) is 31.2 Å². The van der Waals surface area contributed by atoms with Crippen LogP contribution in [0.1, 0.15) is 54.9 Å². The topological polar surface area (TPSA) is 41.6 Å². The molecule has 0 saturated carbocycles. The van der Waals surface area contributed by atoms with Crippen molar-refractivity contribution in [1.82, 2.24) is 10.2 Å². The Morgan fingerprint density at radius 2 is 1.70 bits per heavy atom. The molecule has 2 atom stereocenters. The van der Waals surface area contributed by atoms with E-state index in [1.54, 1.807) is 0 Å². The molecule has 1 saturated heterocycles. The van der Waals surface area contributed by atoms with Gasteiger partial charge in [-0.3, -0.25) is 9.69 Å². The minimum atomic E-state index is -0.403. The van der Waals surface area contributed by atoms with Crippen LogP contribution in [-0.2, 0) is 9.53 Å². The average Bonchev–Trinajstić information content (AvgIpc) is 2.26. The van der Waals surface area contributed by atoms with Gasteiger partial charge in [-0.05, 0) is 54.9 Å². The minimum Gasteiger partial charge on any atom is -0.460 e. The summed E-state index contributed by atoms with van der Waals surface area (Å²) in [4.78, 5) is 14.7. The maximum absolute atomic E-state index is 12.2. The van der Waals surface area contributed by atoms with Crippen LogP contribution >= 0.6 is 0 Å². The number of carbonyl (C=O) groups excluding carboxylic acids is 1. The zero-order valence-electron chi connectivity index (χ0n) is 14.2. The van der Waals surface area contributed by atoms with Crippen molar-refractivity contribution in [1.29, 1.82) is 0 Å². The highest BCUT2D eigenvalue weighted by Gasteiger charge is 2.34. The van der Waals surface area contributed by atoms with Crippen molar-refractivity contribution in [3.8, 4) is 0 Å². The van der Waals surface area contributed by atoms with Gasteiger partial charge in [0.2, 0.25) is 0 Å². The van der Waals surface area contributed by atoms with Gasteiger partial charge in [0.15, 0.2) is 0 Å². The van der Waals surface area contributed by atoms with Crippen LogP contribution in [0, 0.1) is 5.92 Å². The highest BCUT2D eigenvalue weighted by Crippen LogP contribution is 2.23. The normalized spacial score (nSPS) is 24.5. The van der Waals surface area contributed by atoms with E-state index in [0.717, 1.165) is 19.5 Å². The lowest BCUT2D eigenvalue weighted by molar-refractivity contribution is -0.161. The van der Waals surface area contributed by atoms with Crippen LogP contribution in [0.5, 0.6) is 0 Å². The summed E-state index contributed by atoms with van der Waals surface area (Å²) < 4.78 is 5.53. The maximum atomic E-state index is 12.2. The fourth-order valence-electron chi connectivity index (χ4n) is 3.15. The Morgan fingerprint density at radius 3 is 2.15 bits per heavy atom. The molecule has 1 aliphatic heterocycles. The number of esters is 1. The van der Waals surface area contributed by atoms with Gasteiger partial charge in [0.25, 0.3) is 0 Å². The molecule has 4 nitrogen and oxygen atoms in total. The number of hydrogen-bond donors (Lipinski definition) is 1. The van der Waals surface area contributed by atoms with Gasteiger partial charge in [0.1, 0.15) is 5.60 Å². The fourth-order valence-corrected chi connectivity index (χ4v) is 3.15. The minimum absolute atomic E-state index is 0.0343. The van der Waals surface area contributed by atoms with E-state index in [9.17, 15) is 4.79 Å². The van der Waals surface area contributed by atoms with Crippen LogP contribution in [0.15, 0.2) is 0 Å². The summed E-state index contributed by atoms with van der Waals surface area (Å²) in [5, 5.41) is 3.40. The molecule has 20 heavy (non-hydrogen) atoms. The average molecular weight is 284 g/mol. The van der Waals surface area contributed by atoms with Crippen molar-refractivity contribution < 1.29 is 9.53 Å². The van der Waals surface area contributed by atoms with Gasteiger partial charge in [0.05, 0.1) is 5.92 Å². The van der Waals surface area contributed by atoms with E-state index in [0.29, 0.717) is 18.1 Å². The van der Waals surface area contributed by atoms with Crippen molar-refractivity contribution in [2.24, 2.45) is 5.92 Å². The van der Waals surface area contributed by atoms with Crippen LogP contribution < -0.4 is 5.32 Å². The zero-order chi connectivity index (χ0) is 15.5. The molecule has 0 aromatic rings. The molecule has 0 aromatic heterocycles. The molecule has 0 aliphatic carbocycles. The van der Waals surface area contributed by atoms with Crippen molar-refractivity contribution in [3.63, 3.8) is 0 Å². The number of piperidine rings is 1. The lowest BCUT2D eigenvalue weighted by Gasteiger charge is -2.42. The SMILES string of the molecule is CC(C)N(C(C)C)C1CNCC(C(=O)OC(C)(C)C)C1. The Hall–Kier alpha value is -0.610. The smallest absolute Gasteiger partial charge is 0.310 e. The molecule has 4 heteroatoms. The second-order valence-corrected chi connectivity index (χ2v) is 7.41. The summed E-state index contributed by atoms with van der Waals surface area (Å²) in [6, 6.07) is 1.37. The third kappa shape index (κ3) is 5.06. The molecule has 1 N–H and O–H groups in total. The van der Waals surface area contributed by atoms with E-state index < -0.39 is 5.60 Å². The molecular formula is C16H32N2O2. The van der Waals surface area contributed by atoms with Gasteiger partial charge in [-0.1, -0.05) is 0 Å². The number of nitrogens with one attached hydrogen (secondary N) is 1. The van der Waals surface area contributed by atoms with Crippen LogP contribution in [0.25, 0.3) is 0 Å². The Bertz CT molecular complexity index is 313. The molecule has 1 rings (SSSR count). The zero-order valence-corrected chi connectivity index (χ0v) is 14.2. The van der Waals surface area contributed by atoms with Crippen molar-refractivity contribution in [2.75, 3.05) is 13.1 Å². The second kappa shape index (κ2) is 6.90. The Labute approximate surface area is 124 Å². The van der Waals surface area contributed by atoms with Gasteiger partial charge in [-0.2, -0.15) is 0 Å². The third-order valence-electron chi connectivity index (χ3n) is 3.68. The molecule has 2 unspecified atom stereocenters. The molecule has 0 amide bonds. The largest absolute Gasteiger partial charge is 0.460 e. The van der Waals surface area contributed by atoms with Crippen molar-refractivity contribution >= 4 is 5.97 Å². The molecule has 0 bridgehead atoms. The van der Waals surface area contributed by atoms with E-state index in [1.807, 2.05) is 20.8 Å². The first-order chi connectivity index (χ1) is 9.11. The maximum Gasteiger partial charge on any atom is 0.310 e. The molecule has 0 spiro atoms.